The first-order chi connectivity index (χ1) is 11.1. The van der Waals surface area contributed by atoms with Crippen LogP contribution in [-0.4, -0.2) is 24.5 Å². The minimum Gasteiger partial charge on any atom is -0.343 e. The highest BCUT2D eigenvalue weighted by molar-refractivity contribution is 6.30. The van der Waals surface area contributed by atoms with Gasteiger partial charge in [0.1, 0.15) is 6.04 Å². The van der Waals surface area contributed by atoms with Gasteiger partial charge in [0.25, 0.3) is 0 Å². The Morgan fingerprint density at radius 1 is 1.13 bits per heavy atom. The molecule has 0 spiro atoms. The van der Waals surface area contributed by atoms with Crippen LogP contribution in [0.4, 0.5) is 4.79 Å². The van der Waals surface area contributed by atoms with Crippen LogP contribution in [0.15, 0.2) is 54.6 Å². The molecule has 1 saturated heterocycles. The van der Waals surface area contributed by atoms with Gasteiger partial charge in [0.05, 0.1) is 6.04 Å². The minimum absolute atomic E-state index is 0.239. The second kappa shape index (κ2) is 6.71. The molecule has 6 heteroatoms. The lowest BCUT2D eigenvalue weighted by Gasteiger charge is -2.21. The summed E-state index contributed by atoms with van der Waals surface area (Å²) in [6.07, 6.45) is 0. The lowest BCUT2D eigenvalue weighted by molar-refractivity contribution is -0.122. The molecule has 1 aliphatic rings. The van der Waals surface area contributed by atoms with Crippen LogP contribution < -0.4 is 16.0 Å². The van der Waals surface area contributed by atoms with Crippen molar-refractivity contribution in [3.8, 4) is 0 Å². The second-order valence-corrected chi connectivity index (χ2v) is 5.75. The molecular weight excluding hydrogens is 314 g/mol. The first-order valence-electron chi connectivity index (χ1n) is 7.28. The minimum atomic E-state index is -0.576. The van der Waals surface area contributed by atoms with Crippen LogP contribution in [0.3, 0.4) is 0 Å². The maximum absolute atomic E-state index is 12.4. The molecule has 0 radical (unpaired) electrons. The maximum Gasteiger partial charge on any atom is 0.315 e. The highest BCUT2D eigenvalue weighted by Gasteiger charge is 2.29. The molecule has 3 amide bonds. The highest BCUT2D eigenvalue weighted by atomic mass is 35.5. The fraction of sp³-hybridized carbons (Fsp3) is 0.176. The van der Waals surface area contributed by atoms with Crippen molar-refractivity contribution < 1.29 is 9.59 Å². The van der Waals surface area contributed by atoms with Crippen molar-refractivity contribution in [3.63, 3.8) is 0 Å². The van der Waals surface area contributed by atoms with Gasteiger partial charge in [-0.1, -0.05) is 54.1 Å². The molecular formula is C17H16ClN3O2. The largest absolute Gasteiger partial charge is 0.343 e. The van der Waals surface area contributed by atoms with E-state index in [0.717, 1.165) is 11.1 Å². The molecule has 1 heterocycles. The third-order valence-corrected chi connectivity index (χ3v) is 3.93. The van der Waals surface area contributed by atoms with Gasteiger partial charge in [-0.2, -0.15) is 0 Å². The van der Waals surface area contributed by atoms with Crippen LogP contribution in [-0.2, 0) is 4.79 Å². The molecule has 0 bridgehead atoms. The summed E-state index contributed by atoms with van der Waals surface area (Å²) >= 11 is 6.08. The van der Waals surface area contributed by atoms with E-state index in [1.165, 1.54) is 0 Å². The van der Waals surface area contributed by atoms with Crippen LogP contribution in [0.25, 0.3) is 0 Å². The summed E-state index contributed by atoms with van der Waals surface area (Å²) in [6.45, 7) is 0.279. The van der Waals surface area contributed by atoms with Crippen molar-refractivity contribution in [2.45, 2.75) is 12.1 Å². The number of carbonyl (C=O) groups is 2. The molecule has 0 unspecified atom stereocenters. The summed E-state index contributed by atoms with van der Waals surface area (Å²) in [7, 11) is 0. The average molecular weight is 330 g/mol. The molecule has 0 aliphatic carbocycles. The number of amides is 3. The molecule has 3 N–H and O–H groups in total. The van der Waals surface area contributed by atoms with E-state index in [-0.39, 0.29) is 24.5 Å². The monoisotopic (exact) mass is 329 g/mol. The molecule has 118 valence electrons. The van der Waals surface area contributed by atoms with Crippen molar-refractivity contribution >= 4 is 23.5 Å². The Morgan fingerprint density at radius 2 is 1.87 bits per heavy atom. The van der Waals surface area contributed by atoms with Gasteiger partial charge in [-0.15, -0.1) is 0 Å². The zero-order valence-electron chi connectivity index (χ0n) is 12.3. The fourth-order valence-electron chi connectivity index (χ4n) is 2.55. The van der Waals surface area contributed by atoms with Crippen LogP contribution in [0.5, 0.6) is 0 Å². The Kier molecular flexibility index (Phi) is 4.48. The smallest absolute Gasteiger partial charge is 0.315 e. The number of benzene rings is 2. The highest BCUT2D eigenvalue weighted by Crippen LogP contribution is 2.24. The Hall–Kier alpha value is -2.53. The zero-order valence-corrected chi connectivity index (χ0v) is 13.0. The Balaban J connectivity index is 1.87. The van der Waals surface area contributed by atoms with Crippen LogP contribution >= 0.6 is 11.6 Å². The van der Waals surface area contributed by atoms with E-state index in [2.05, 4.69) is 16.0 Å². The number of urea groups is 1. The van der Waals surface area contributed by atoms with Crippen molar-refractivity contribution in [2.24, 2.45) is 0 Å². The molecule has 23 heavy (non-hydrogen) atoms. The van der Waals surface area contributed by atoms with Gasteiger partial charge in [-0.05, 0) is 23.3 Å². The van der Waals surface area contributed by atoms with Gasteiger partial charge in [-0.3, -0.25) is 4.79 Å². The summed E-state index contributed by atoms with van der Waals surface area (Å²) < 4.78 is 0. The van der Waals surface area contributed by atoms with Crippen molar-refractivity contribution in [1.82, 2.24) is 16.0 Å². The van der Waals surface area contributed by atoms with E-state index in [9.17, 15) is 9.59 Å². The summed E-state index contributed by atoms with van der Waals surface area (Å²) in [4.78, 5) is 23.6. The van der Waals surface area contributed by atoms with Gasteiger partial charge >= 0.3 is 6.03 Å². The summed E-state index contributed by atoms with van der Waals surface area (Å²) in [5, 5.41) is 8.76. The first-order valence-corrected chi connectivity index (χ1v) is 7.66. The molecule has 1 fully saturated rings. The Labute approximate surface area is 139 Å². The number of hydrogen-bond donors (Lipinski definition) is 3. The predicted molar refractivity (Wildman–Crippen MR) is 88.2 cm³/mol. The molecule has 0 saturated carbocycles. The number of nitrogens with one attached hydrogen (secondary N) is 3. The van der Waals surface area contributed by atoms with Crippen molar-refractivity contribution in [1.29, 1.82) is 0 Å². The maximum atomic E-state index is 12.4. The normalized spacial score (nSPS) is 18.0. The second-order valence-electron chi connectivity index (χ2n) is 5.31. The van der Waals surface area contributed by atoms with E-state index in [4.69, 9.17) is 11.6 Å². The third-order valence-electron chi connectivity index (χ3n) is 3.69. The number of hydrogen-bond acceptors (Lipinski definition) is 2. The van der Waals surface area contributed by atoms with E-state index in [0.29, 0.717) is 5.02 Å². The average Bonchev–Trinajstić information content (AvgIpc) is 3.00. The zero-order chi connectivity index (χ0) is 16.2. The van der Waals surface area contributed by atoms with E-state index in [1.54, 1.807) is 6.07 Å². The van der Waals surface area contributed by atoms with Crippen LogP contribution in [0.2, 0.25) is 5.02 Å². The first kappa shape index (κ1) is 15.4. The van der Waals surface area contributed by atoms with Crippen molar-refractivity contribution in [3.05, 3.63) is 70.7 Å². The molecule has 2 atom stereocenters. The molecule has 0 aromatic heterocycles. The fourth-order valence-corrected chi connectivity index (χ4v) is 2.75. The quantitative estimate of drug-likeness (QED) is 0.805. The van der Waals surface area contributed by atoms with Crippen LogP contribution in [0.1, 0.15) is 17.2 Å². The van der Waals surface area contributed by atoms with E-state index in [1.807, 2.05) is 48.5 Å². The Bertz CT molecular complexity index is 721. The number of rotatable bonds is 4. The lowest BCUT2D eigenvalue weighted by Crippen LogP contribution is -2.44. The van der Waals surface area contributed by atoms with Gasteiger partial charge in [0.2, 0.25) is 5.91 Å². The molecule has 5 nitrogen and oxygen atoms in total. The summed E-state index contributed by atoms with van der Waals surface area (Å²) in [6, 6.07) is 15.8. The standard InChI is InChI=1S/C17H16ClN3O2/c18-13-8-4-7-12(9-13)15(11-5-2-1-3-6-11)21-16(22)14-10-19-17(23)20-14/h1-9,14-15H,10H2,(H,21,22)(H2,19,20,23)/t14-,15-/m1/s1. The van der Waals surface area contributed by atoms with Gasteiger partial charge in [0, 0.05) is 11.6 Å². The SMILES string of the molecule is O=C1NC[C@H](C(=O)N[C@H](c2ccccc2)c2cccc(Cl)c2)N1. The lowest BCUT2D eigenvalue weighted by atomic mass is 9.98. The molecule has 3 rings (SSSR count). The topological polar surface area (TPSA) is 70.2 Å². The number of halogens is 1. The predicted octanol–water partition coefficient (Wildman–Crippen LogP) is 2.23. The van der Waals surface area contributed by atoms with Crippen LogP contribution in [0, 0.1) is 0 Å². The molecule has 2 aromatic carbocycles. The molecule has 1 aliphatic heterocycles. The Morgan fingerprint density at radius 3 is 2.52 bits per heavy atom. The van der Waals surface area contributed by atoms with Gasteiger partial charge < -0.3 is 16.0 Å². The third kappa shape index (κ3) is 3.63. The van der Waals surface area contributed by atoms with Crippen molar-refractivity contribution in [2.75, 3.05) is 6.54 Å². The summed E-state index contributed by atoms with van der Waals surface area (Å²) in [5.41, 5.74) is 1.83. The molecule has 2 aromatic rings. The van der Waals surface area contributed by atoms with Gasteiger partial charge in [0.15, 0.2) is 0 Å². The number of carbonyl (C=O) groups excluding carboxylic acids is 2. The summed E-state index contributed by atoms with van der Waals surface area (Å²) in [5.74, 6) is -0.239. The van der Waals surface area contributed by atoms with Gasteiger partial charge in [-0.25, -0.2) is 4.79 Å². The van der Waals surface area contributed by atoms with E-state index >= 15 is 0 Å². The van der Waals surface area contributed by atoms with E-state index < -0.39 is 6.04 Å².